The van der Waals surface area contributed by atoms with Crippen molar-refractivity contribution >= 4 is 6.09 Å². The number of likely N-dealkylation sites (tertiary alicyclic amines) is 1. The molecule has 0 aromatic carbocycles. The number of carbonyl (C=O) groups is 1. The molecule has 0 aromatic heterocycles. The monoisotopic (exact) mass is 186 g/mol. The van der Waals surface area contributed by atoms with E-state index in [2.05, 4.69) is 0 Å². The second-order valence-corrected chi connectivity index (χ2v) is 3.97. The zero-order valence-corrected chi connectivity index (χ0v) is 8.32. The van der Waals surface area contributed by atoms with Crippen LogP contribution in [0.2, 0.25) is 0 Å². The number of ether oxygens (including phenoxy) is 1. The lowest BCUT2D eigenvalue weighted by molar-refractivity contribution is 0.0992. The lowest BCUT2D eigenvalue weighted by atomic mass is 10.2. The molecule has 1 aliphatic heterocycles. The number of hydrogen-bond acceptors (Lipinski definition) is 3. The van der Waals surface area contributed by atoms with E-state index in [0.717, 1.165) is 13.0 Å². The quantitative estimate of drug-likeness (QED) is 0.694. The minimum atomic E-state index is -0.221. The van der Waals surface area contributed by atoms with Crippen molar-refractivity contribution in [2.75, 3.05) is 19.7 Å². The zero-order valence-electron chi connectivity index (χ0n) is 8.32. The molecule has 0 radical (unpaired) electrons. The Morgan fingerprint density at radius 1 is 1.69 bits per heavy atom. The van der Waals surface area contributed by atoms with Gasteiger partial charge in [-0.05, 0) is 12.3 Å². The SMILES string of the molecule is CC(C)COC(=O)N1CC[C@@H](N)C1. The predicted octanol–water partition coefficient (Wildman–Crippen LogP) is 0.812. The average Bonchev–Trinajstić information content (AvgIpc) is 2.47. The van der Waals surface area contributed by atoms with Gasteiger partial charge in [-0.3, -0.25) is 0 Å². The molecule has 4 heteroatoms. The lowest BCUT2D eigenvalue weighted by Gasteiger charge is -2.16. The Hall–Kier alpha value is -0.770. The highest BCUT2D eigenvalue weighted by Gasteiger charge is 2.24. The molecule has 1 atom stereocenters. The first-order valence-corrected chi connectivity index (χ1v) is 4.77. The highest BCUT2D eigenvalue weighted by molar-refractivity contribution is 5.68. The summed E-state index contributed by atoms with van der Waals surface area (Å²) >= 11 is 0. The van der Waals surface area contributed by atoms with E-state index in [9.17, 15) is 4.79 Å². The van der Waals surface area contributed by atoms with Crippen molar-refractivity contribution in [1.29, 1.82) is 0 Å². The van der Waals surface area contributed by atoms with Crippen LogP contribution in [0.3, 0.4) is 0 Å². The van der Waals surface area contributed by atoms with E-state index in [-0.39, 0.29) is 12.1 Å². The van der Waals surface area contributed by atoms with Crippen LogP contribution in [0.4, 0.5) is 4.79 Å². The molecule has 1 heterocycles. The first kappa shape index (κ1) is 10.3. The Balaban J connectivity index is 2.24. The molecule has 1 rings (SSSR count). The molecule has 0 bridgehead atoms. The maximum Gasteiger partial charge on any atom is 0.409 e. The van der Waals surface area contributed by atoms with E-state index < -0.39 is 0 Å². The minimum absolute atomic E-state index is 0.131. The topological polar surface area (TPSA) is 55.6 Å². The summed E-state index contributed by atoms with van der Waals surface area (Å²) in [5.41, 5.74) is 5.67. The van der Waals surface area contributed by atoms with Crippen molar-refractivity contribution in [3.63, 3.8) is 0 Å². The number of amides is 1. The van der Waals surface area contributed by atoms with Gasteiger partial charge in [-0.25, -0.2) is 4.79 Å². The van der Waals surface area contributed by atoms with Crippen molar-refractivity contribution in [1.82, 2.24) is 4.90 Å². The highest BCUT2D eigenvalue weighted by Crippen LogP contribution is 2.08. The molecular weight excluding hydrogens is 168 g/mol. The van der Waals surface area contributed by atoms with Crippen LogP contribution >= 0.6 is 0 Å². The van der Waals surface area contributed by atoms with Crippen LogP contribution in [0.1, 0.15) is 20.3 Å². The average molecular weight is 186 g/mol. The van der Waals surface area contributed by atoms with Gasteiger partial charge < -0.3 is 15.4 Å². The summed E-state index contributed by atoms with van der Waals surface area (Å²) in [6.07, 6.45) is 0.665. The van der Waals surface area contributed by atoms with Gasteiger partial charge in [0.2, 0.25) is 0 Å². The number of hydrogen-bond donors (Lipinski definition) is 1. The molecule has 1 fully saturated rings. The van der Waals surface area contributed by atoms with Crippen molar-refractivity contribution < 1.29 is 9.53 Å². The fraction of sp³-hybridized carbons (Fsp3) is 0.889. The van der Waals surface area contributed by atoms with Crippen molar-refractivity contribution in [2.45, 2.75) is 26.3 Å². The molecule has 1 aliphatic rings. The van der Waals surface area contributed by atoms with E-state index in [1.54, 1.807) is 4.90 Å². The van der Waals surface area contributed by atoms with Gasteiger partial charge in [0.05, 0.1) is 6.61 Å². The largest absolute Gasteiger partial charge is 0.449 e. The van der Waals surface area contributed by atoms with E-state index in [1.165, 1.54) is 0 Å². The maximum atomic E-state index is 11.3. The Bertz CT molecular complexity index is 182. The lowest BCUT2D eigenvalue weighted by Crippen LogP contribution is -2.32. The number of rotatable bonds is 2. The smallest absolute Gasteiger partial charge is 0.409 e. The minimum Gasteiger partial charge on any atom is -0.449 e. The van der Waals surface area contributed by atoms with Crippen LogP contribution in [-0.2, 0) is 4.74 Å². The summed E-state index contributed by atoms with van der Waals surface area (Å²) in [4.78, 5) is 13.0. The number of carbonyl (C=O) groups excluding carboxylic acids is 1. The standard InChI is InChI=1S/C9H18N2O2/c1-7(2)6-13-9(12)11-4-3-8(10)5-11/h7-8H,3-6,10H2,1-2H3/t8-/m1/s1. The first-order chi connectivity index (χ1) is 6.09. The summed E-state index contributed by atoms with van der Waals surface area (Å²) in [6.45, 7) is 5.89. The van der Waals surface area contributed by atoms with E-state index in [0.29, 0.717) is 19.1 Å². The summed E-state index contributed by atoms with van der Waals surface area (Å²) in [6, 6.07) is 0.131. The Kier molecular flexibility index (Phi) is 3.54. The van der Waals surface area contributed by atoms with Crippen LogP contribution in [0, 0.1) is 5.92 Å². The fourth-order valence-corrected chi connectivity index (χ4v) is 1.28. The zero-order chi connectivity index (χ0) is 9.84. The molecular formula is C9H18N2O2. The molecule has 0 spiro atoms. The van der Waals surface area contributed by atoms with Gasteiger partial charge in [0, 0.05) is 19.1 Å². The molecule has 1 saturated heterocycles. The van der Waals surface area contributed by atoms with Crippen molar-refractivity contribution in [3.8, 4) is 0 Å². The van der Waals surface area contributed by atoms with Gasteiger partial charge in [0.1, 0.15) is 0 Å². The highest BCUT2D eigenvalue weighted by atomic mass is 16.6. The van der Waals surface area contributed by atoms with Gasteiger partial charge in [-0.2, -0.15) is 0 Å². The molecule has 0 aromatic rings. The third kappa shape index (κ3) is 3.22. The molecule has 0 saturated carbocycles. The normalized spacial score (nSPS) is 22.5. The number of nitrogens with zero attached hydrogens (tertiary/aromatic N) is 1. The molecule has 13 heavy (non-hydrogen) atoms. The van der Waals surface area contributed by atoms with Crippen molar-refractivity contribution in [2.24, 2.45) is 11.7 Å². The van der Waals surface area contributed by atoms with E-state index in [4.69, 9.17) is 10.5 Å². The van der Waals surface area contributed by atoms with Crippen LogP contribution in [0.25, 0.3) is 0 Å². The summed E-state index contributed by atoms with van der Waals surface area (Å²) in [5, 5.41) is 0. The number of nitrogens with two attached hydrogens (primary N) is 1. The maximum absolute atomic E-state index is 11.3. The Morgan fingerprint density at radius 2 is 2.38 bits per heavy atom. The molecule has 1 amide bonds. The summed E-state index contributed by atoms with van der Waals surface area (Å²) in [5.74, 6) is 0.389. The van der Waals surface area contributed by atoms with Crippen LogP contribution < -0.4 is 5.73 Å². The molecule has 4 nitrogen and oxygen atoms in total. The fourth-order valence-electron chi connectivity index (χ4n) is 1.28. The molecule has 0 aliphatic carbocycles. The second kappa shape index (κ2) is 4.46. The molecule has 2 N–H and O–H groups in total. The van der Waals surface area contributed by atoms with E-state index in [1.807, 2.05) is 13.8 Å². The Labute approximate surface area is 79.0 Å². The van der Waals surface area contributed by atoms with Crippen molar-refractivity contribution in [3.05, 3.63) is 0 Å². The van der Waals surface area contributed by atoms with Crippen LogP contribution in [-0.4, -0.2) is 36.7 Å². The third-order valence-corrected chi connectivity index (χ3v) is 2.02. The molecule has 76 valence electrons. The first-order valence-electron chi connectivity index (χ1n) is 4.77. The summed E-state index contributed by atoms with van der Waals surface area (Å²) < 4.78 is 5.07. The van der Waals surface area contributed by atoms with Crippen LogP contribution in [0.15, 0.2) is 0 Å². The van der Waals surface area contributed by atoms with Gasteiger partial charge in [-0.1, -0.05) is 13.8 Å². The van der Waals surface area contributed by atoms with Gasteiger partial charge in [0.15, 0.2) is 0 Å². The Morgan fingerprint density at radius 3 is 2.85 bits per heavy atom. The summed E-state index contributed by atoms with van der Waals surface area (Å²) in [7, 11) is 0. The predicted molar refractivity (Wildman–Crippen MR) is 50.4 cm³/mol. The van der Waals surface area contributed by atoms with Gasteiger partial charge in [-0.15, -0.1) is 0 Å². The van der Waals surface area contributed by atoms with Gasteiger partial charge in [0.25, 0.3) is 0 Å². The van der Waals surface area contributed by atoms with E-state index >= 15 is 0 Å². The van der Waals surface area contributed by atoms with Crippen LogP contribution in [0.5, 0.6) is 0 Å². The molecule has 0 unspecified atom stereocenters. The van der Waals surface area contributed by atoms with Gasteiger partial charge >= 0.3 is 6.09 Å². The second-order valence-electron chi connectivity index (χ2n) is 3.97. The third-order valence-electron chi connectivity index (χ3n) is 2.02.